The van der Waals surface area contributed by atoms with Gasteiger partial charge in [0.25, 0.3) is 0 Å². The summed E-state index contributed by atoms with van der Waals surface area (Å²) in [6.07, 6.45) is 7.26. The summed E-state index contributed by atoms with van der Waals surface area (Å²) in [5.41, 5.74) is 1.74. The summed E-state index contributed by atoms with van der Waals surface area (Å²) in [6, 6.07) is 7.81. The molecule has 2 fully saturated rings. The van der Waals surface area contributed by atoms with Crippen LogP contribution in [-0.2, 0) is 17.9 Å². The van der Waals surface area contributed by atoms with Crippen LogP contribution in [-0.4, -0.2) is 33.0 Å². The standard InChI is InChI=1S/C21H29N3O2/c1-2-12-23-18-9-5-6-10-19(18)24(21(23)26)15-20(25)22-13-11-16-7-3-4-8-17(16)14-22/h5-6,9-10,16-17H,2-4,7-8,11-15H2,1H3. The largest absolute Gasteiger partial charge is 0.341 e. The highest BCUT2D eigenvalue weighted by molar-refractivity contribution is 5.81. The Labute approximate surface area is 154 Å². The quantitative estimate of drug-likeness (QED) is 0.845. The van der Waals surface area contributed by atoms with E-state index in [2.05, 4.69) is 6.92 Å². The number of fused-ring (bicyclic) bond motifs is 2. The van der Waals surface area contributed by atoms with Gasteiger partial charge < -0.3 is 4.90 Å². The molecule has 2 heterocycles. The van der Waals surface area contributed by atoms with Gasteiger partial charge in [-0.2, -0.15) is 0 Å². The highest BCUT2D eigenvalue weighted by Crippen LogP contribution is 2.36. The molecule has 26 heavy (non-hydrogen) atoms. The molecule has 0 N–H and O–H groups in total. The minimum atomic E-state index is -0.0612. The molecule has 0 bridgehead atoms. The number of benzene rings is 1. The monoisotopic (exact) mass is 355 g/mol. The maximum absolute atomic E-state index is 13.0. The zero-order valence-corrected chi connectivity index (χ0v) is 15.7. The number of nitrogens with zero attached hydrogens (tertiary/aromatic N) is 3. The molecule has 1 saturated carbocycles. The number of carbonyl (C=O) groups excluding carboxylic acids is 1. The molecule has 4 rings (SSSR count). The van der Waals surface area contributed by atoms with Crippen LogP contribution in [0.2, 0.25) is 0 Å². The summed E-state index contributed by atoms with van der Waals surface area (Å²) < 4.78 is 3.47. The molecule has 5 heteroatoms. The van der Waals surface area contributed by atoms with Gasteiger partial charge in [0.15, 0.2) is 0 Å². The first-order chi connectivity index (χ1) is 12.7. The van der Waals surface area contributed by atoms with Crippen LogP contribution in [0.3, 0.4) is 0 Å². The van der Waals surface area contributed by atoms with Crippen molar-refractivity contribution in [3.63, 3.8) is 0 Å². The second-order valence-electron chi connectivity index (χ2n) is 7.94. The van der Waals surface area contributed by atoms with Crippen molar-refractivity contribution in [3.05, 3.63) is 34.7 Å². The Kier molecular flexibility index (Phi) is 4.88. The highest BCUT2D eigenvalue weighted by Gasteiger charge is 2.33. The topological polar surface area (TPSA) is 47.2 Å². The van der Waals surface area contributed by atoms with Crippen LogP contribution in [0.4, 0.5) is 0 Å². The number of imidazole rings is 1. The van der Waals surface area contributed by atoms with Crippen molar-refractivity contribution in [2.75, 3.05) is 13.1 Å². The predicted molar refractivity (Wildman–Crippen MR) is 103 cm³/mol. The fourth-order valence-electron chi connectivity index (χ4n) is 4.93. The van der Waals surface area contributed by atoms with Crippen LogP contribution in [0, 0.1) is 11.8 Å². The summed E-state index contributed by atoms with van der Waals surface area (Å²) >= 11 is 0. The molecule has 2 aromatic rings. The molecule has 1 amide bonds. The summed E-state index contributed by atoms with van der Waals surface area (Å²) in [7, 11) is 0. The Morgan fingerprint density at radius 2 is 1.73 bits per heavy atom. The van der Waals surface area contributed by atoms with E-state index in [9.17, 15) is 9.59 Å². The highest BCUT2D eigenvalue weighted by atomic mass is 16.2. The Bertz CT molecular complexity index is 851. The number of hydrogen-bond acceptors (Lipinski definition) is 2. The number of hydrogen-bond donors (Lipinski definition) is 0. The zero-order chi connectivity index (χ0) is 18.1. The third-order valence-electron chi connectivity index (χ3n) is 6.31. The van der Waals surface area contributed by atoms with E-state index in [1.165, 1.54) is 25.7 Å². The average Bonchev–Trinajstić information content (AvgIpc) is 2.94. The molecular weight excluding hydrogens is 326 g/mol. The molecule has 0 spiro atoms. The summed E-state index contributed by atoms with van der Waals surface area (Å²) in [5.74, 6) is 1.57. The molecule has 2 aliphatic rings. The van der Waals surface area contributed by atoms with E-state index in [-0.39, 0.29) is 18.1 Å². The van der Waals surface area contributed by atoms with Crippen molar-refractivity contribution in [2.24, 2.45) is 11.8 Å². The predicted octanol–water partition coefficient (Wildman–Crippen LogP) is 3.25. The third kappa shape index (κ3) is 3.08. The van der Waals surface area contributed by atoms with Crippen molar-refractivity contribution in [3.8, 4) is 0 Å². The van der Waals surface area contributed by atoms with Gasteiger partial charge in [0.05, 0.1) is 11.0 Å². The van der Waals surface area contributed by atoms with Gasteiger partial charge in [-0.25, -0.2) is 4.79 Å². The first-order valence-corrected chi connectivity index (χ1v) is 10.1. The first kappa shape index (κ1) is 17.4. The van der Waals surface area contributed by atoms with E-state index in [4.69, 9.17) is 0 Å². The lowest BCUT2D eigenvalue weighted by atomic mass is 9.75. The molecule has 140 valence electrons. The Morgan fingerprint density at radius 1 is 1.04 bits per heavy atom. The lowest BCUT2D eigenvalue weighted by Gasteiger charge is -2.41. The fourth-order valence-corrected chi connectivity index (χ4v) is 4.93. The summed E-state index contributed by atoms with van der Waals surface area (Å²) in [5, 5.41) is 0. The van der Waals surface area contributed by atoms with E-state index in [1.807, 2.05) is 29.2 Å². The first-order valence-electron chi connectivity index (χ1n) is 10.1. The minimum absolute atomic E-state index is 0.0612. The number of amides is 1. The van der Waals surface area contributed by atoms with Crippen molar-refractivity contribution in [2.45, 2.75) is 58.5 Å². The van der Waals surface area contributed by atoms with Gasteiger partial charge in [-0.1, -0.05) is 38.3 Å². The van der Waals surface area contributed by atoms with Crippen LogP contribution < -0.4 is 5.69 Å². The minimum Gasteiger partial charge on any atom is -0.341 e. The smallest absolute Gasteiger partial charge is 0.329 e. The molecule has 1 aromatic heterocycles. The summed E-state index contributed by atoms with van der Waals surface area (Å²) in [4.78, 5) is 27.8. The Balaban J connectivity index is 1.56. The van der Waals surface area contributed by atoms with Gasteiger partial charge in [0.1, 0.15) is 6.54 Å². The molecule has 0 radical (unpaired) electrons. The van der Waals surface area contributed by atoms with Gasteiger partial charge >= 0.3 is 5.69 Å². The molecular formula is C21H29N3O2. The normalized spacial score (nSPS) is 23.2. The van der Waals surface area contributed by atoms with Crippen LogP contribution in [0.1, 0.15) is 45.4 Å². The third-order valence-corrected chi connectivity index (χ3v) is 6.31. The van der Waals surface area contributed by atoms with Crippen molar-refractivity contribution in [1.82, 2.24) is 14.0 Å². The van der Waals surface area contributed by atoms with E-state index >= 15 is 0 Å². The number of rotatable bonds is 4. The summed E-state index contributed by atoms with van der Waals surface area (Å²) in [6.45, 7) is 4.65. The molecule has 2 atom stereocenters. The number of piperidine rings is 1. The van der Waals surface area contributed by atoms with E-state index in [1.54, 1.807) is 9.13 Å². The van der Waals surface area contributed by atoms with Gasteiger partial charge in [-0.15, -0.1) is 0 Å². The fraction of sp³-hybridized carbons (Fsp3) is 0.619. The number of aryl methyl sites for hydroxylation is 1. The van der Waals surface area contributed by atoms with E-state index in [0.717, 1.165) is 42.9 Å². The van der Waals surface area contributed by atoms with Crippen molar-refractivity contribution in [1.29, 1.82) is 0 Å². The van der Waals surface area contributed by atoms with E-state index in [0.29, 0.717) is 12.5 Å². The Hall–Kier alpha value is -2.04. The van der Waals surface area contributed by atoms with Gasteiger partial charge in [0.2, 0.25) is 5.91 Å². The van der Waals surface area contributed by atoms with Crippen molar-refractivity contribution < 1.29 is 4.79 Å². The van der Waals surface area contributed by atoms with Crippen molar-refractivity contribution >= 4 is 16.9 Å². The Morgan fingerprint density at radius 3 is 2.46 bits per heavy atom. The van der Waals surface area contributed by atoms with Crippen LogP contribution >= 0.6 is 0 Å². The second-order valence-corrected chi connectivity index (χ2v) is 7.94. The molecule has 1 saturated heterocycles. The second kappa shape index (κ2) is 7.29. The zero-order valence-electron chi connectivity index (χ0n) is 15.7. The van der Waals surface area contributed by atoms with Crippen LogP contribution in [0.5, 0.6) is 0 Å². The lowest BCUT2D eigenvalue weighted by molar-refractivity contribution is -0.134. The molecule has 1 aliphatic carbocycles. The number of likely N-dealkylation sites (tertiary alicyclic amines) is 1. The number of aromatic nitrogens is 2. The maximum atomic E-state index is 13.0. The average molecular weight is 355 g/mol. The van der Waals surface area contributed by atoms with Crippen LogP contribution in [0.25, 0.3) is 11.0 Å². The molecule has 1 aliphatic heterocycles. The molecule has 2 unspecified atom stereocenters. The maximum Gasteiger partial charge on any atom is 0.329 e. The van der Waals surface area contributed by atoms with Gasteiger partial charge in [-0.05, 0) is 43.2 Å². The molecule has 5 nitrogen and oxygen atoms in total. The van der Waals surface area contributed by atoms with Gasteiger partial charge in [-0.3, -0.25) is 13.9 Å². The van der Waals surface area contributed by atoms with Crippen LogP contribution in [0.15, 0.2) is 29.1 Å². The SMILES string of the molecule is CCCn1c(=O)n(CC(=O)N2CCC3CCCCC3C2)c2ccccc21. The molecule has 1 aromatic carbocycles. The van der Waals surface area contributed by atoms with Gasteiger partial charge in [0, 0.05) is 19.6 Å². The number of carbonyl (C=O) groups is 1. The van der Waals surface area contributed by atoms with E-state index < -0.39 is 0 Å². The lowest BCUT2D eigenvalue weighted by Crippen LogP contribution is -2.46. The number of para-hydroxylation sites is 2.